The molecule has 6 aromatic rings. The summed E-state index contributed by atoms with van der Waals surface area (Å²) in [6.45, 7) is 5.21. The number of aromatic nitrogens is 4. The van der Waals surface area contributed by atoms with Gasteiger partial charge in [0, 0.05) is 18.7 Å². The summed E-state index contributed by atoms with van der Waals surface area (Å²) in [6.07, 6.45) is 2.98. The SMILES string of the molecule is CCCN(Cc1ncc(-c2ccc3cc(-c4ccc(-c5cnc(CN(C[C@@H](C)c6ccccc6)C(=O)CNC(=O)OC)[nH]5)cc4)ccc3c2)[nH]1)C(=O)CNC(=O)OC. The van der Waals surface area contributed by atoms with Crippen LogP contribution in [0.3, 0.4) is 0 Å². The number of imidazole rings is 2. The average molecular weight is 785 g/mol. The van der Waals surface area contributed by atoms with E-state index in [4.69, 9.17) is 0 Å². The number of rotatable bonds is 16. The molecule has 0 bridgehead atoms. The topological polar surface area (TPSA) is 175 Å². The van der Waals surface area contributed by atoms with E-state index >= 15 is 0 Å². The number of methoxy groups -OCH3 is 2. The fourth-order valence-corrected chi connectivity index (χ4v) is 6.67. The molecule has 300 valence electrons. The fourth-order valence-electron chi connectivity index (χ4n) is 6.67. The molecule has 58 heavy (non-hydrogen) atoms. The molecule has 4 amide bonds. The Labute approximate surface area is 337 Å². The number of nitrogens with one attached hydrogen (secondary N) is 4. The van der Waals surface area contributed by atoms with Crippen molar-refractivity contribution in [3.05, 3.63) is 121 Å². The summed E-state index contributed by atoms with van der Waals surface area (Å²) in [5.41, 5.74) is 6.83. The maximum Gasteiger partial charge on any atom is 0.407 e. The molecule has 0 spiro atoms. The smallest absolute Gasteiger partial charge is 0.407 e. The van der Waals surface area contributed by atoms with Crippen molar-refractivity contribution in [1.82, 2.24) is 40.4 Å². The molecule has 4 N–H and O–H groups in total. The van der Waals surface area contributed by atoms with Gasteiger partial charge in [0.05, 0.1) is 51.1 Å². The summed E-state index contributed by atoms with van der Waals surface area (Å²) in [5, 5.41) is 7.09. The second-order valence-corrected chi connectivity index (χ2v) is 13.9. The molecule has 0 saturated heterocycles. The minimum Gasteiger partial charge on any atom is -0.453 e. The van der Waals surface area contributed by atoms with Crippen LogP contribution in [-0.4, -0.2) is 94.1 Å². The highest BCUT2D eigenvalue weighted by Gasteiger charge is 2.21. The van der Waals surface area contributed by atoms with E-state index in [9.17, 15) is 19.2 Å². The highest BCUT2D eigenvalue weighted by Crippen LogP contribution is 2.30. The Kier molecular flexibility index (Phi) is 13.5. The van der Waals surface area contributed by atoms with E-state index in [-0.39, 0.29) is 37.4 Å². The zero-order valence-electron chi connectivity index (χ0n) is 33.1. The summed E-state index contributed by atoms with van der Waals surface area (Å²) in [5.74, 6) is 0.872. The maximum atomic E-state index is 13.2. The standard InChI is InChI=1S/C44H48N8O6/c1-5-19-51(41(53)24-47-43(55)57-3)27-39-46-23-38(50-39)36-18-17-34-20-33(15-16-35(34)21-36)31-11-13-32(14-12-31)37-22-45-40(49-37)28-52(42(54)25-48-44(56)58-4)26-29(2)30-9-7-6-8-10-30/h6-18,20-23,29H,5,19,24-28H2,1-4H3,(H,45,49)(H,46,50)(H,47,55)(H,48,56)/t29-/m1/s1. The molecule has 0 unspecified atom stereocenters. The van der Waals surface area contributed by atoms with Crippen molar-refractivity contribution in [3.63, 3.8) is 0 Å². The van der Waals surface area contributed by atoms with Gasteiger partial charge in [0.1, 0.15) is 24.7 Å². The minimum absolute atomic E-state index is 0.0595. The monoisotopic (exact) mass is 784 g/mol. The molecule has 14 heteroatoms. The molecule has 6 rings (SSSR count). The molecule has 2 heterocycles. The maximum absolute atomic E-state index is 13.2. The van der Waals surface area contributed by atoms with Crippen molar-refractivity contribution in [2.45, 2.75) is 39.3 Å². The van der Waals surface area contributed by atoms with Crippen LogP contribution in [0, 0.1) is 0 Å². The van der Waals surface area contributed by atoms with Crippen LogP contribution in [-0.2, 0) is 32.2 Å². The zero-order valence-corrected chi connectivity index (χ0v) is 33.1. The van der Waals surface area contributed by atoms with Gasteiger partial charge in [-0.05, 0) is 57.5 Å². The number of alkyl carbamates (subject to hydrolysis) is 2. The van der Waals surface area contributed by atoms with Crippen LogP contribution in [0.4, 0.5) is 9.59 Å². The van der Waals surface area contributed by atoms with Crippen molar-refractivity contribution in [3.8, 4) is 33.6 Å². The van der Waals surface area contributed by atoms with Crippen molar-refractivity contribution in [2.24, 2.45) is 0 Å². The van der Waals surface area contributed by atoms with Crippen molar-refractivity contribution in [1.29, 1.82) is 0 Å². The number of ether oxygens (including phenoxy) is 2. The number of hydrogen-bond donors (Lipinski definition) is 4. The van der Waals surface area contributed by atoms with Gasteiger partial charge in [-0.25, -0.2) is 19.6 Å². The van der Waals surface area contributed by atoms with Gasteiger partial charge in [0.2, 0.25) is 11.8 Å². The Balaban J connectivity index is 1.11. The average Bonchev–Trinajstić information content (AvgIpc) is 3.94. The summed E-state index contributed by atoms with van der Waals surface area (Å²) in [6, 6.07) is 30.8. The summed E-state index contributed by atoms with van der Waals surface area (Å²) >= 11 is 0. The molecule has 0 radical (unpaired) electrons. The predicted molar refractivity (Wildman–Crippen MR) is 221 cm³/mol. The van der Waals surface area contributed by atoms with Gasteiger partial charge in [-0.15, -0.1) is 0 Å². The van der Waals surface area contributed by atoms with Gasteiger partial charge < -0.3 is 39.9 Å². The van der Waals surface area contributed by atoms with E-state index in [2.05, 4.69) is 89.4 Å². The number of benzene rings is 4. The van der Waals surface area contributed by atoms with Gasteiger partial charge in [0.25, 0.3) is 0 Å². The molecule has 4 aromatic carbocycles. The first-order valence-corrected chi connectivity index (χ1v) is 19.1. The normalized spacial score (nSPS) is 11.4. The van der Waals surface area contributed by atoms with Crippen LogP contribution in [0.5, 0.6) is 0 Å². The Bertz CT molecular complexity index is 2340. The van der Waals surface area contributed by atoms with Crippen LogP contribution >= 0.6 is 0 Å². The largest absolute Gasteiger partial charge is 0.453 e. The summed E-state index contributed by atoms with van der Waals surface area (Å²) < 4.78 is 9.22. The fraction of sp³-hybridized carbons (Fsp3) is 0.273. The first kappa shape index (κ1) is 40.7. The van der Waals surface area contributed by atoms with Crippen molar-refractivity contribution in [2.75, 3.05) is 40.4 Å². The summed E-state index contributed by atoms with van der Waals surface area (Å²) in [4.78, 5) is 68.3. The van der Waals surface area contributed by atoms with Crippen molar-refractivity contribution >= 4 is 34.8 Å². The van der Waals surface area contributed by atoms with Gasteiger partial charge in [-0.3, -0.25) is 9.59 Å². The molecular formula is C44H48N8O6. The number of carbonyl (C=O) groups excluding carboxylic acids is 4. The third kappa shape index (κ3) is 10.5. The molecule has 1 atom stereocenters. The van der Waals surface area contributed by atoms with Crippen LogP contribution in [0.25, 0.3) is 44.4 Å². The van der Waals surface area contributed by atoms with E-state index in [1.54, 1.807) is 22.2 Å². The third-order valence-electron chi connectivity index (χ3n) is 9.82. The number of carbonyl (C=O) groups is 4. The molecule has 2 aromatic heterocycles. The number of fused-ring (bicyclic) bond motifs is 1. The van der Waals surface area contributed by atoms with E-state index < -0.39 is 12.2 Å². The molecule has 0 aliphatic carbocycles. The second kappa shape index (κ2) is 19.3. The first-order valence-electron chi connectivity index (χ1n) is 19.1. The number of aromatic amines is 2. The van der Waals surface area contributed by atoms with Crippen LogP contribution in [0.15, 0.2) is 103 Å². The first-order chi connectivity index (χ1) is 28.1. The minimum atomic E-state index is -0.664. The lowest BCUT2D eigenvalue weighted by Gasteiger charge is -2.25. The number of amides is 4. The molecule has 0 saturated carbocycles. The highest BCUT2D eigenvalue weighted by atomic mass is 16.5. The van der Waals surface area contributed by atoms with Gasteiger partial charge in [0.15, 0.2) is 0 Å². The van der Waals surface area contributed by atoms with E-state index in [1.165, 1.54) is 14.2 Å². The lowest BCUT2D eigenvalue weighted by atomic mass is 9.98. The number of H-pyrrole nitrogens is 2. The van der Waals surface area contributed by atoms with E-state index in [0.29, 0.717) is 31.3 Å². The molecular weight excluding hydrogens is 737 g/mol. The Morgan fingerprint density at radius 2 is 1.16 bits per heavy atom. The molecule has 0 aliphatic heterocycles. The van der Waals surface area contributed by atoms with Gasteiger partial charge in [-0.2, -0.15) is 0 Å². The van der Waals surface area contributed by atoms with Crippen molar-refractivity contribution < 1.29 is 28.7 Å². The second-order valence-electron chi connectivity index (χ2n) is 13.9. The van der Waals surface area contributed by atoms with E-state index in [0.717, 1.165) is 56.4 Å². The van der Waals surface area contributed by atoms with Crippen LogP contribution < -0.4 is 10.6 Å². The Morgan fingerprint density at radius 1 is 0.655 bits per heavy atom. The van der Waals surface area contributed by atoms with E-state index in [1.807, 2.05) is 55.5 Å². The lowest BCUT2D eigenvalue weighted by molar-refractivity contribution is -0.131. The van der Waals surface area contributed by atoms with Crippen LogP contribution in [0.2, 0.25) is 0 Å². The van der Waals surface area contributed by atoms with Gasteiger partial charge in [-0.1, -0.05) is 92.7 Å². The lowest BCUT2D eigenvalue weighted by Crippen LogP contribution is -2.41. The highest BCUT2D eigenvalue weighted by molar-refractivity contribution is 5.90. The van der Waals surface area contributed by atoms with Gasteiger partial charge >= 0.3 is 12.2 Å². The zero-order chi connectivity index (χ0) is 41.0. The number of nitrogens with zero attached hydrogens (tertiary/aromatic N) is 4. The van der Waals surface area contributed by atoms with Crippen LogP contribution in [0.1, 0.15) is 43.4 Å². The number of hydrogen-bond acceptors (Lipinski definition) is 8. The summed E-state index contributed by atoms with van der Waals surface area (Å²) in [7, 11) is 2.52. The molecule has 0 fully saturated rings. The quantitative estimate of drug-likeness (QED) is 0.0823. The predicted octanol–water partition coefficient (Wildman–Crippen LogP) is 6.87. The third-order valence-corrected chi connectivity index (χ3v) is 9.82. The molecule has 0 aliphatic rings. The molecule has 14 nitrogen and oxygen atoms in total. The Hall–Kier alpha value is -6.96. The Morgan fingerprint density at radius 3 is 1.74 bits per heavy atom.